The van der Waals surface area contributed by atoms with Gasteiger partial charge in [0, 0.05) is 24.7 Å². The number of anilines is 1. The standard InChI is InChI=1S/C22H26ClN3O3S/c1-5-25(6-2)10-11-26(22-24-20-18(23)8-7-9-19(20)30-22)21(27)15-12-16(28-3)14-17(13-15)29-4/h7-9,12-14H,5-6,10-11H2,1-4H3. The Balaban J connectivity index is 2.02. The average molecular weight is 448 g/mol. The third-order valence-electron chi connectivity index (χ3n) is 4.97. The van der Waals surface area contributed by atoms with E-state index in [9.17, 15) is 4.79 Å². The molecule has 0 saturated carbocycles. The van der Waals surface area contributed by atoms with Gasteiger partial charge >= 0.3 is 0 Å². The van der Waals surface area contributed by atoms with Crippen LogP contribution in [0.1, 0.15) is 24.2 Å². The molecule has 1 heterocycles. The van der Waals surface area contributed by atoms with Crippen molar-refractivity contribution in [3.63, 3.8) is 0 Å². The number of ether oxygens (including phenoxy) is 2. The third kappa shape index (κ3) is 4.86. The zero-order valence-corrected chi connectivity index (χ0v) is 19.2. The van der Waals surface area contributed by atoms with E-state index in [1.165, 1.54) is 11.3 Å². The lowest BCUT2D eigenvalue weighted by molar-refractivity contribution is 0.0983. The number of hydrogen-bond acceptors (Lipinski definition) is 6. The van der Waals surface area contributed by atoms with E-state index >= 15 is 0 Å². The van der Waals surface area contributed by atoms with Crippen molar-refractivity contribution in [2.24, 2.45) is 0 Å². The van der Waals surface area contributed by atoms with Crippen LogP contribution in [0.15, 0.2) is 36.4 Å². The molecule has 6 nitrogen and oxygen atoms in total. The number of rotatable bonds is 9. The number of para-hydroxylation sites is 1. The van der Waals surface area contributed by atoms with Crippen LogP contribution in [0.2, 0.25) is 5.02 Å². The predicted octanol–water partition coefficient (Wildman–Crippen LogP) is 4.96. The molecule has 0 fully saturated rings. The van der Waals surface area contributed by atoms with E-state index in [1.807, 2.05) is 18.2 Å². The van der Waals surface area contributed by atoms with Gasteiger partial charge in [-0.2, -0.15) is 0 Å². The number of carbonyl (C=O) groups is 1. The summed E-state index contributed by atoms with van der Waals surface area (Å²) in [4.78, 5) is 22.2. The first-order valence-electron chi connectivity index (χ1n) is 9.83. The molecule has 0 atom stereocenters. The molecule has 0 unspecified atom stereocenters. The summed E-state index contributed by atoms with van der Waals surface area (Å²) in [5, 5.41) is 1.20. The first-order chi connectivity index (χ1) is 14.5. The summed E-state index contributed by atoms with van der Waals surface area (Å²) in [6, 6.07) is 10.8. The summed E-state index contributed by atoms with van der Waals surface area (Å²) in [7, 11) is 3.13. The Labute approximate surface area is 186 Å². The van der Waals surface area contributed by atoms with Crippen LogP contribution in [0.3, 0.4) is 0 Å². The maximum Gasteiger partial charge on any atom is 0.260 e. The van der Waals surface area contributed by atoms with E-state index in [4.69, 9.17) is 21.1 Å². The van der Waals surface area contributed by atoms with Crippen LogP contribution in [0.4, 0.5) is 5.13 Å². The highest BCUT2D eigenvalue weighted by Crippen LogP contribution is 2.34. The molecule has 3 aromatic rings. The van der Waals surface area contributed by atoms with E-state index < -0.39 is 0 Å². The van der Waals surface area contributed by atoms with Crippen molar-refractivity contribution >= 4 is 44.2 Å². The Hall–Kier alpha value is -2.35. The number of methoxy groups -OCH3 is 2. The number of nitrogens with zero attached hydrogens (tertiary/aromatic N) is 3. The summed E-state index contributed by atoms with van der Waals surface area (Å²) in [5.41, 5.74) is 1.19. The maximum atomic E-state index is 13.6. The van der Waals surface area contributed by atoms with Gasteiger partial charge in [-0.1, -0.05) is 42.9 Å². The molecule has 0 spiro atoms. The molecule has 0 aliphatic heterocycles. The quantitative estimate of drug-likeness (QED) is 0.464. The van der Waals surface area contributed by atoms with E-state index in [2.05, 4.69) is 23.7 Å². The number of benzene rings is 2. The van der Waals surface area contributed by atoms with Gasteiger partial charge in [0.2, 0.25) is 0 Å². The van der Waals surface area contributed by atoms with Gasteiger partial charge in [-0.3, -0.25) is 9.69 Å². The number of likely N-dealkylation sites (N-methyl/N-ethyl adjacent to an activating group) is 1. The van der Waals surface area contributed by atoms with Crippen LogP contribution < -0.4 is 14.4 Å². The summed E-state index contributed by atoms with van der Waals surface area (Å²) >= 11 is 7.78. The molecule has 2 aromatic carbocycles. The van der Waals surface area contributed by atoms with Crippen LogP contribution in [-0.4, -0.2) is 56.2 Å². The molecule has 0 N–H and O–H groups in total. The summed E-state index contributed by atoms with van der Waals surface area (Å²) in [5.74, 6) is 0.969. The molecule has 1 aromatic heterocycles. The predicted molar refractivity (Wildman–Crippen MR) is 124 cm³/mol. The van der Waals surface area contributed by atoms with Crippen molar-refractivity contribution in [1.82, 2.24) is 9.88 Å². The van der Waals surface area contributed by atoms with E-state index in [0.717, 1.165) is 24.3 Å². The highest BCUT2D eigenvalue weighted by atomic mass is 35.5. The fraction of sp³-hybridized carbons (Fsp3) is 0.364. The molecular weight excluding hydrogens is 422 g/mol. The molecule has 0 bridgehead atoms. The van der Waals surface area contributed by atoms with Gasteiger partial charge in [-0.25, -0.2) is 4.98 Å². The number of carbonyl (C=O) groups excluding carboxylic acids is 1. The van der Waals surface area contributed by atoms with Gasteiger partial charge in [0.25, 0.3) is 5.91 Å². The highest BCUT2D eigenvalue weighted by Gasteiger charge is 2.23. The molecule has 8 heteroatoms. The fourth-order valence-corrected chi connectivity index (χ4v) is 4.46. The average Bonchev–Trinajstić information content (AvgIpc) is 3.21. The minimum atomic E-state index is -0.158. The number of halogens is 1. The summed E-state index contributed by atoms with van der Waals surface area (Å²) in [6.45, 7) is 7.30. The highest BCUT2D eigenvalue weighted by molar-refractivity contribution is 7.22. The third-order valence-corrected chi connectivity index (χ3v) is 6.32. The largest absolute Gasteiger partial charge is 0.497 e. The lowest BCUT2D eigenvalue weighted by Gasteiger charge is -2.25. The van der Waals surface area contributed by atoms with Crippen molar-refractivity contribution in [1.29, 1.82) is 0 Å². The van der Waals surface area contributed by atoms with Crippen molar-refractivity contribution in [2.45, 2.75) is 13.8 Å². The maximum absolute atomic E-state index is 13.6. The van der Waals surface area contributed by atoms with Crippen LogP contribution in [0.5, 0.6) is 11.5 Å². The van der Waals surface area contributed by atoms with Gasteiger partial charge in [0.15, 0.2) is 5.13 Å². The van der Waals surface area contributed by atoms with E-state index in [0.29, 0.717) is 39.3 Å². The van der Waals surface area contributed by atoms with Gasteiger partial charge < -0.3 is 14.4 Å². The van der Waals surface area contributed by atoms with Crippen LogP contribution in [0.25, 0.3) is 10.2 Å². The first kappa shape index (κ1) is 22.3. The minimum absolute atomic E-state index is 0.158. The van der Waals surface area contributed by atoms with Crippen LogP contribution >= 0.6 is 22.9 Å². The number of hydrogen-bond donors (Lipinski definition) is 0. The molecular formula is C22H26ClN3O3S. The first-order valence-corrected chi connectivity index (χ1v) is 11.0. The molecule has 0 saturated heterocycles. The second-order valence-electron chi connectivity index (χ2n) is 6.67. The molecule has 30 heavy (non-hydrogen) atoms. The Morgan fingerprint density at radius 3 is 2.30 bits per heavy atom. The van der Waals surface area contributed by atoms with Gasteiger partial charge in [0.05, 0.1) is 23.9 Å². The second-order valence-corrected chi connectivity index (χ2v) is 8.08. The molecule has 3 rings (SSSR count). The van der Waals surface area contributed by atoms with Gasteiger partial charge in [-0.05, 0) is 37.4 Å². The molecule has 1 amide bonds. The normalized spacial score (nSPS) is 11.1. The Morgan fingerprint density at radius 1 is 1.07 bits per heavy atom. The molecule has 0 aliphatic carbocycles. The SMILES string of the molecule is CCN(CC)CCN(C(=O)c1cc(OC)cc(OC)c1)c1nc2c(Cl)cccc2s1. The van der Waals surface area contributed by atoms with E-state index in [-0.39, 0.29) is 5.91 Å². The molecule has 0 radical (unpaired) electrons. The Bertz CT molecular complexity index is 998. The van der Waals surface area contributed by atoms with Crippen LogP contribution in [-0.2, 0) is 0 Å². The van der Waals surface area contributed by atoms with Crippen molar-refractivity contribution in [2.75, 3.05) is 45.3 Å². The lowest BCUT2D eigenvalue weighted by Crippen LogP contribution is -2.38. The summed E-state index contributed by atoms with van der Waals surface area (Å²) < 4.78 is 11.6. The topological polar surface area (TPSA) is 54.9 Å². The smallest absolute Gasteiger partial charge is 0.260 e. The molecule has 160 valence electrons. The monoisotopic (exact) mass is 447 g/mol. The number of thiazole rings is 1. The lowest BCUT2D eigenvalue weighted by atomic mass is 10.1. The van der Waals surface area contributed by atoms with Crippen molar-refractivity contribution in [3.8, 4) is 11.5 Å². The van der Waals surface area contributed by atoms with E-state index in [1.54, 1.807) is 37.3 Å². The van der Waals surface area contributed by atoms with Crippen molar-refractivity contribution < 1.29 is 14.3 Å². The Morgan fingerprint density at radius 2 is 1.73 bits per heavy atom. The zero-order chi connectivity index (χ0) is 21.7. The Kier molecular flexibility index (Phi) is 7.53. The number of amides is 1. The summed E-state index contributed by atoms with van der Waals surface area (Å²) in [6.07, 6.45) is 0. The minimum Gasteiger partial charge on any atom is -0.497 e. The number of fused-ring (bicyclic) bond motifs is 1. The fourth-order valence-electron chi connectivity index (χ4n) is 3.17. The number of aromatic nitrogens is 1. The van der Waals surface area contributed by atoms with Gasteiger partial charge in [-0.15, -0.1) is 0 Å². The van der Waals surface area contributed by atoms with Crippen molar-refractivity contribution in [3.05, 3.63) is 47.0 Å². The van der Waals surface area contributed by atoms with Crippen LogP contribution in [0, 0.1) is 0 Å². The second kappa shape index (κ2) is 10.1. The molecule has 0 aliphatic rings. The van der Waals surface area contributed by atoms with Gasteiger partial charge in [0.1, 0.15) is 17.0 Å². The zero-order valence-electron chi connectivity index (χ0n) is 17.6.